The maximum Gasteiger partial charge on any atom is 0.141 e. The number of imidazole rings is 1. The van der Waals surface area contributed by atoms with Crippen molar-refractivity contribution in [3.05, 3.63) is 54.1 Å². The van der Waals surface area contributed by atoms with Gasteiger partial charge in [-0.2, -0.15) is 0 Å². The molecule has 2 aromatic carbocycles. The highest BCUT2D eigenvalue weighted by molar-refractivity contribution is 5.80. The Hall–Kier alpha value is -2.09. The first-order valence-corrected chi connectivity index (χ1v) is 13.3. The standard InChI is InChI=1S/C30H44N2/c1-3-4-5-6-7-8-9-10-11-12-13-14-15-18-24-32-29-23-17-16-22-28(29)31-30(32)27-21-19-20-26(2)25-27/h16-17,19-23,25H,3-15,18,24H2,1-2H3. The van der Waals surface area contributed by atoms with Gasteiger partial charge in [-0.25, -0.2) is 4.98 Å². The van der Waals surface area contributed by atoms with Crippen LogP contribution in [-0.4, -0.2) is 9.55 Å². The van der Waals surface area contributed by atoms with Gasteiger partial charge in [0.15, 0.2) is 0 Å². The number of nitrogens with zero attached hydrogens (tertiary/aromatic N) is 2. The molecule has 0 atom stereocenters. The monoisotopic (exact) mass is 432 g/mol. The number of para-hydroxylation sites is 2. The van der Waals surface area contributed by atoms with E-state index in [0.717, 1.165) is 17.9 Å². The fraction of sp³-hybridized carbons (Fsp3) is 0.567. The van der Waals surface area contributed by atoms with Crippen LogP contribution in [-0.2, 0) is 6.54 Å². The summed E-state index contributed by atoms with van der Waals surface area (Å²) in [5.74, 6) is 1.12. The number of hydrogen-bond donors (Lipinski definition) is 0. The zero-order chi connectivity index (χ0) is 22.4. The highest BCUT2D eigenvalue weighted by atomic mass is 15.1. The zero-order valence-corrected chi connectivity index (χ0v) is 20.6. The van der Waals surface area contributed by atoms with Crippen molar-refractivity contribution in [1.82, 2.24) is 9.55 Å². The van der Waals surface area contributed by atoms with E-state index in [0.29, 0.717) is 0 Å². The molecule has 32 heavy (non-hydrogen) atoms. The van der Waals surface area contributed by atoms with Crippen LogP contribution in [0.5, 0.6) is 0 Å². The first-order chi connectivity index (χ1) is 15.8. The molecule has 174 valence electrons. The van der Waals surface area contributed by atoms with Crippen LogP contribution in [0.3, 0.4) is 0 Å². The van der Waals surface area contributed by atoms with Crippen molar-refractivity contribution in [2.24, 2.45) is 0 Å². The highest BCUT2D eigenvalue weighted by Gasteiger charge is 2.12. The number of rotatable bonds is 16. The lowest BCUT2D eigenvalue weighted by Crippen LogP contribution is -2.01. The molecule has 0 spiro atoms. The third-order valence-electron chi connectivity index (χ3n) is 6.67. The summed E-state index contributed by atoms with van der Waals surface area (Å²) in [7, 11) is 0. The average molecular weight is 433 g/mol. The molecular formula is C30H44N2. The van der Waals surface area contributed by atoms with Crippen LogP contribution < -0.4 is 0 Å². The van der Waals surface area contributed by atoms with Gasteiger partial charge < -0.3 is 4.57 Å². The predicted octanol–water partition coefficient (Wildman–Crippen LogP) is 9.49. The molecule has 0 radical (unpaired) electrons. The average Bonchev–Trinajstić information content (AvgIpc) is 3.18. The Morgan fingerprint density at radius 1 is 0.656 bits per heavy atom. The van der Waals surface area contributed by atoms with Gasteiger partial charge in [0.2, 0.25) is 0 Å². The van der Waals surface area contributed by atoms with E-state index in [9.17, 15) is 0 Å². The van der Waals surface area contributed by atoms with Gasteiger partial charge in [-0.3, -0.25) is 0 Å². The maximum atomic E-state index is 4.97. The SMILES string of the molecule is CCCCCCCCCCCCCCCCn1c(-c2cccc(C)c2)nc2ccccc21. The fourth-order valence-corrected chi connectivity index (χ4v) is 4.77. The summed E-state index contributed by atoms with van der Waals surface area (Å²) in [6, 6.07) is 17.3. The van der Waals surface area contributed by atoms with Crippen molar-refractivity contribution in [1.29, 1.82) is 0 Å². The number of unbranched alkanes of at least 4 members (excludes halogenated alkanes) is 13. The first-order valence-electron chi connectivity index (χ1n) is 13.3. The Morgan fingerprint density at radius 2 is 1.25 bits per heavy atom. The van der Waals surface area contributed by atoms with E-state index in [2.05, 4.69) is 66.9 Å². The summed E-state index contributed by atoms with van der Waals surface area (Å²) in [5, 5.41) is 0. The molecule has 3 rings (SSSR count). The van der Waals surface area contributed by atoms with E-state index in [1.807, 2.05) is 0 Å². The van der Waals surface area contributed by atoms with Gasteiger partial charge in [0, 0.05) is 12.1 Å². The molecule has 1 heterocycles. The van der Waals surface area contributed by atoms with E-state index in [-0.39, 0.29) is 0 Å². The number of aryl methyl sites for hydroxylation is 2. The van der Waals surface area contributed by atoms with E-state index >= 15 is 0 Å². The molecule has 3 aromatic rings. The Morgan fingerprint density at radius 3 is 1.88 bits per heavy atom. The molecule has 0 saturated heterocycles. The third kappa shape index (κ3) is 7.80. The van der Waals surface area contributed by atoms with Gasteiger partial charge in [0.25, 0.3) is 0 Å². The normalized spacial score (nSPS) is 11.4. The van der Waals surface area contributed by atoms with Gasteiger partial charge in [0.05, 0.1) is 11.0 Å². The molecule has 2 heteroatoms. The molecule has 0 aliphatic carbocycles. The Kier molecular flexibility index (Phi) is 10.8. The van der Waals surface area contributed by atoms with Crippen molar-refractivity contribution in [2.75, 3.05) is 0 Å². The first kappa shape index (κ1) is 24.6. The summed E-state index contributed by atoms with van der Waals surface area (Å²) in [5.41, 5.74) is 4.89. The second kappa shape index (κ2) is 14.1. The smallest absolute Gasteiger partial charge is 0.141 e. The molecule has 0 saturated carbocycles. The summed E-state index contributed by atoms with van der Waals surface area (Å²) in [6.45, 7) is 5.51. The Bertz CT molecular complexity index is 908. The number of fused-ring (bicyclic) bond motifs is 1. The van der Waals surface area contributed by atoms with Crippen molar-refractivity contribution >= 4 is 11.0 Å². The number of benzene rings is 2. The Labute approximate surface area is 196 Å². The van der Waals surface area contributed by atoms with Crippen molar-refractivity contribution in [3.63, 3.8) is 0 Å². The van der Waals surface area contributed by atoms with Gasteiger partial charge in [-0.05, 0) is 31.5 Å². The molecule has 0 N–H and O–H groups in total. The van der Waals surface area contributed by atoms with Crippen LogP contribution in [0.1, 0.15) is 102 Å². The van der Waals surface area contributed by atoms with E-state index in [4.69, 9.17) is 4.98 Å². The molecule has 0 aliphatic rings. The van der Waals surface area contributed by atoms with Gasteiger partial charge in [0.1, 0.15) is 5.82 Å². The second-order valence-corrected chi connectivity index (χ2v) is 9.54. The highest BCUT2D eigenvalue weighted by Crippen LogP contribution is 2.26. The molecule has 0 aliphatic heterocycles. The lowest BCUT2D eigenvalue weighted by Gasteiger charge is -2.10. The minimum absolute atomic E-state index is 1.06. The molecule has 0 unspecified atom stereocenters. The minimum atomic E-state index is 1.06. The minimum Gasteiger partial charge on any atom is -0.324 e. The van der Waals surface area contributed by atoms with Gasteiger partial charge in [-0.15, -0.1) is 0 Å². The predicted molar refractivity (Wildman–Crippen MR) is 140 cm³/mol. The molecule has 1 aromatic heterocycles. The molecule has 2 nitrogen and oxygen atoms in total. The van der Waals surface area contributed by atoms with Crippen LogP contribution in [0.25, 0.3) is 22.4 Å². The number of hydrogen-bond acceptors (Lipinski definition) is 1. The van der Waals surface area contributed by atoms with Gasteiger partial charge >= 0.3 is 0 Å². The molecular weight excluding hydrogens is 388 g/mol. The molecule has 0 fully saturated rings. The quantitative estimate of drug-likeness (QED) is 0.206. The summed E-state index contributed by atoms with van der Waals surface area (Å²) in [4.78, 5) is 4.97. The summed E-state index contributed by atoms with van der Waals surface area (Å²) < 4.78 is 2.44. The van der Waals surface area contributed by atoms with Crippen molar-refractivity contribution in [2.45, 2.75) is 110 Å². The number of aromatic nitrogens is 2. The topological polar surface area (TPSA) is 17.8 Å². The summed E-state index contributed by atoms with van der Waals surface area (Å²) in [6.07, 6.45) is 19.6. The Balaban J connectivity index is 1.36. The third-order valence-corrected chi connectivity index (χ3v) is 6.67. The fourth-order valence-electron chi connectivity index (χ4n) is 4.77. The van der Waals surface area contributed by atoms with E-state index < -0.39 is 0 Å². The van der Waals surface area contributed by atoms with Crippen molar-refractivity contribution < 1.29 is 0 Å². The molecule has 0 bridgehead atoms. The lowest BCUT2D eigenvalue weighted by molar-refractivity contribution is 0.526. The van der Waals surface area contributed by atoms with Crippen LogP contribution in [0.4, 0.5) is 0 Å². The van der Waals surface area contributed by atoms with E-state index in [1.165, 1.54) is 107 Å². The van der Waals surface area contributed by atoms with Crippen LogP contribution in [0, 0.1) is 6.92 Å². The van der Waals surface area contributed by atoms with Crippen LogP contribution in [0.2, 0.25) is 0 Å². The molecule has 0 amide bonds. The van der Waals surface area contributed by atoms with Crippen LogP contribution in [0.15, 0.2) is 48.5 Å². The van der Waals surface area contributed by atoms with Crippen LogP contribution >= 0.6 is 0 Å². The zero-order valence-electron chi connectivity index (χ0n) is 20.6. The maximum absolute atomic E-state index is 4.97. The van der Waals surface area contributed by atoms with E-state index in [1.54, 1.807) is 0 Å². The van der Waals surface area contributed by atoms with Crippen molar-refractivity contribution in [3.8, 4) is 11.4 Å². The van der Waals surface area contributed by atoms with Gasteiger partial charge in [-0.1, -0.05) is 126 Å². The summed E-state index contributed by atoms with van der Waals surface area (Å²) >= 11 is 0. The lowest BCUT2D eigenvalue weighted by atomic mass is 10.0. The largest absolute Gasteiger partial charge is 0.324 e. The second-order valence-electron chi connectivity index (χ2n) is 9.54.